The van der Waals surface area contributed by atoms with Crippen LogP contribution in [0.5, 0.6) is 0 Å². The molecule has 106 valence electrons. The Morgan fingerprint density at radius 1 is 1.25 bits per heavy atom. The summed E-state index contributed by atoms with van der Waals surface area (Å²) < 4.78 is 0. The van der Waals surface area contributed by atoms with Gasteiger partial charge in [0.05, 0.1) is 11.6 Å². The molecule has 20 heavy (non-hydrogen) atoms. The number of nitrogens with one attached hydrogen (secondary N) is 1. The van der Waals surface area contributed by atoms with Crippen molar-refractivity contribution in [2.24, 2.45) is 0 Å². The van der Waals surface area contributed by atoms with E-state index in [4.69, 9.17) is 0 Å². The second-order valence-corrected chi connectivity index (χ2v) is 6.10. The topological polar surface area (TPSA) is 39.1 Å². The van der Waals surface area contributed by atoms with Gasteiger partial charge >= 0.3 is 0 Å². The average molecular weight is 269 g/mol. The molecule has 0 radical (unpaired) electrons. The van der Waals surface area contributed by atoms with Crippen molar-refractivity contribution in [1.29, 1.82) is 5.26 Å². The molecule has 2 heterocycles. The summed E-state index contributed by atoms with van der Waals surface area (Å²) in [5, 5.41) is 12.9. The molecule has 0 aromatic heterocycles. The highest BCUT2D eigenvalue weighted by Crippen LogP contribution is 2.30. The van der Waals surface area contributed by atoms with Gasteiger partial charge in [-0.2, -0.15) is 5.26 Å². The molecular weight excluding hydrogens is 246 g/mol. The largest absolute Gasteiger partial charge is 0.311 e. The molecule has 2 aliphatic rings. The second-order valence-electron chi connectivity index (χ2n) is 6.10. The molecule has 1 aromatic rings. The van der Waals surface area contributed by atoms with Crippen LogP contribution in [-0.4, -0.2) is 29.6 Å². The van der Waals surface area contributed by atoms with Gasteiger partial charge in [0.1, 0.15) is 0 Å². The maximum atomic E-state index is 9.23. The van der Waals surface area contributed by atoms with Crippen LogP contribution in [0.3, 0.4) is 0 Å². The zero-order chi connectivity index (χ0) is 13.9. The predicted octanol–water partition coefficient (Wildman–Crippen LogP) is 2.66. The summed E-state index contributed by atoms with van der Waals surface area (Å²) >= 11 is 0. The molecule has 0 saturated carbocycles. The van der Waals surface area contributed by atoms with Gasteiger partial charge in [0.2, 0.25) is 0 Å². The molecule has 2 saturated heterocycles. The third-order valence-electron chi connectivity index (χ3n) is 4.88. The molecule has 2 fully saturated rings. The van der Waals surface area contributed by atoms with Crippen LogP contribution < -0.4 is 5.32 Å². The lowest BCUT2D eigenvalue weighted by Gasteiger charge is -2.37. The zero-order valence-electron chi connectivity index (χ0n) is 12.2. The maximum Gasteiger partial charge on any atom is 0.0995 e. The third-order valence-corrected chi connectivity index (χ3v) is 4.88. The number of benzene rings is 1. The molecular formula is C17H23N3. The van der Waals surface area contributed by atoms with Crippen molar-refractivity contribution in [3.8, 4) is 6.07 Å². The number of hydrogen-bond acceptors (Lipinski definition) is 3. The lowest BCUT2D eigenvalue weighted by molar-refractivity contribution is 0.140. The summed E-state index contributed by atoms with van der Waals surface area (Å²) in [4.78, 5) is 2.56. The zero-order valence-corrected chi connectivity index (χ0v) is 12.2. The molecule has 0 aliphatic carbocycles. The minimum atomic E-state index is 0.672. The summed E-state index contributed by atoms with van der Waals surface area (Å²) in [7, 11) is 0. The van der Waals surface area contributed by atoms with Gasteiger partial charge < -0.3 is 5.32 Å². The van der Waals surface area contributed by atoms with Crippen molar-refractivity contribution < 1.29 is 0 Å². The van der Waals surface area contributed by atoms with Crippen LogP contribution >= 0.6 is 0 Å². The van der Waals surface area contributed by atoms with E-state index in [1.54, 1.807) is 0 Å². The van der Waals surface area contributed by atoms with Crippen LogP contribution in [0.2, 0.25) is 0 Å². The summed E-state index contributed by atoms with van der Waals surface area (Å²) in [5.41, 5.74) is 1.99. The van der Waals surface area contributed by atoms with E-state index in [0.717, 1.165) is 30.7 Å². The predicted molar refractivity (Wildman–Crippen MR) is 80.2 cm³/mol. The van der Waals surface area contributed by atoms with Gasteiger partial charge in [0, 0.05) is 24.7 Å². The summed E-state index contributed by atoms with van der Waals surface area (Å²) in [6.07, 6.45) is 5.21. The van der Waals surface area contributed by atoms with E-state index in [1.165, 1.54) is 31.2 Å². The molecule has 3 heteroatoms. The smallest absolute Gasteiger partial charge is 0.0995 e. The van der Waals surface area contributed by atoms with E-state index in [2.05, 4.69) is 29.3 Å². The fourth-order valence-corrected chi connectivity index (χ4v) is 3.81. The minimum Gasteiger partial charge on any atom is -0.311 e. The van der Waals surface area contributed by atoms with Gasteiger partial charge in [-0.05, 0) is 43.9 Å². The SMILES string of the molecule is CCN(Cc1ccccc1C#N)C1CC2CCC(C1)N2. The van der Waals surface area contributed by atoms with Crippen LogP contribution in [0.1, 0.15) is 43.7 Å². The quantitative estimate of drug-likeness (QED) is 0.913. The monoisotopic (exact) mass is 269 g/mol. The number of hydrogen-bond donors (Lipinski definition) is 1. The van der Waals surface area contributed by atoms with Crippen molar-refractivity contribution in [2.75, 3.05) is 6.54 Å². The third kappa shape index (κ3) is 2.72. The van der Waals surface area contributed by atoms with Crippen LogP contribution in [0.4, 0.5) is 0 Å². The first-order valence-electron chi connectivity index (χ1n) is 7.78. The minimum absolute atomic E-state index is 0.672. The second kappa shape index (κ2) is 5.95. The molecule has 3 nitrogen and oxygen atoms in total. The van der Waals surface area contributed by atoms with Crippen molar-refractivity contribution in [1.82, 2.24) is 10.2 Å². The van der Waals surface area contributed by atoms with Crippen molar-refractivity contribution in [2.45, 2.75) is 57.3 Å². The van der Waals surface area contributed by atoms with E-state index in [-0.39, 0.29) is 0 Å². The van der Waals surface area contributed by atoms with Gasteiger partial charge in [-0.25, -0.2) is 0 Å². The Hall–Kier alpha value is -1.37. The van der Waals surface area contributed by atoms with E-state index in [1.807, 2.05) is 18.2 Å². The lowest BCUT2D eigenvalue weighted by Crippen LogP contribution is -2.48. The first kappa shape index (κ1) is 13.6. The normalized spacial score (nSPS) is 28.6. The fraction of sp³-hybridized carbons (Fsp3) is 0.588. The molecule has 2 aliphatic heterocycles. The van der Waals surface area contributed by atoms with Gasteiger partial charge in [-0.3, -0.25) is 4.90 Å². The van der Waals surface area contributed by atoms with Crippen molar-refractivity contribution in [3.63, 3.8) is 0 Å². The fourth-order valence-electron chi connectivity index (χ4n) is 3.81. The molecule has 0 amide bonds. The van der Waals surface area contributed by atoms with Crippen molar-refractivity contribution in [3.05, 3.63) is 35.4 Å². The Kier molecular flexibility index (Phi) is 4.05. The number of fused-ring (bicyclic) bond motifs is 2. The van der Waals surface area contributed by atoms with Gasteiger partial charge in [-0.1, -0.05) is 25.1 Å². The molecule has 2 bridgehead atoms. The first-order chi connectivity index (χ1) is 9.80. The average Bonchev–Trinajstić information content (AvgIpc) is 2.83. The summed E-state index contributed by atoms with van der Waals surface area (Å²) in [6.45, 7) is 4.20. The molecule has 1 N–H and O–H groups in total. The molecule has 0 spiro atoms. The van der Waals surface area contributed by atoms with Crippen LogP contribution in [-0.2, 0) is 6.54 Å². The number of nitrogens with zero attached hydrogens (tertiary/aromatic N) is 2. The Morgan fingerprint density at radius 2 is 1.95 bits per heavy atom. The highest BCUT2D eigenvalue weighted by Gasteiger charge is 2.35. The van der Waals surface area contributed by atoms with Crippen LogP contribution in [0.15, 0.2) is 24.3 Å². The van der Waals surface area contributed by atoms with E-state index in [0.29, 0.717) is 6.04 Å². The lowest BCUT2D eigenvalue weighted by atomic mass is 9.97. The van der Waals surface area contributed by atoms with Gasteiger partial charge in [0.25, 0.3) is 0 Å². The van der Waals surface area contributed by atoms with Crippen LogP contribution in [0.25, 0.3) is 0 Å². The van der Waals surface area contributed by atoms with E-state index in [9.17, 15) is 5.26 Å². The Bertz CT molecular complexity index is 493. The summed E-state index contributed by atoms with van der Waals surface area (Å²) in [6, 6.07) is 12.4. The summed E-state index contributed by atoms with van der Waals surface area (Å²) in [5.74, 6) is 0. The Morgan fingerprint density at radius 3 is 2.60 bits per heavy atom. The van der Waals surface area contributed by atoms with Crippen LogP contribution in [0, 0.1) is 11.3 Å². The number of piperidine rings is 1. The number of rotatable bonds is 4. The van der Waals surface area contributed by atoms with Crippen molar-refractivity contribution >= 4 is 0 Å². The van der Waals surface area contributed by atoms with E-state index < -0.39 is 0 Å². The highest BCUT2D eigenvalue weighted by atomic mass is 15.2. The molecule has 3 rings (SSSR count). The van der Waals surface area contributed by atoms with Gasteiger partial charge in [-0.15, -0.1) is 0 Å². The molecule has 1 aromatic carbocycles. The first-order valence-corrected chi connectivity index (χ1v) is 7.78. The Labute approximate surface area is 121 Å². The number of nitriles is 1. The molecule has 2 unspecified atom stereocenters. The standard InChI is InChI=1S/C17H23N3/c1-2-20(12-14-6-4-3-5-13(14)11-18)17-9-15-7-8-16(10-17)19-15/h3-6,15-17,19H,2,7-10,12H2,1H3. The Balaban J connectivity index is 1.72. The van der Waals surface area contributed by atoms with E-state index >= 15 is 0 Å². The highest BCUT2D eigenvalue weighted by molar-refractivity contribution is 5.37. The van der Waals surface area contributed by atoms with Gasteiger partial charge in [0.15, 0.2) is 0 Å². The maximum absolute atomic E-state index is 9.23. The molecule has 2 atom stereocenters.